The average Bonchev–Trinajstić information content (AvgIpc) is 2.99. The summed E-state index contributed by atoms with van der Waals surface area (Å²) >= 11 is 0. The number of aliphatic hydroxyl groups is 1. The van der Waals surface area contributed by atoms with Gasteiger partial charge in [0, 0.05) is 12.3 Å². The monoisotopic (exact) mass is 342 g/mol. The summed E-state index contributed by atoms with van der Waals surface area (Å²) in [6.07, 6.45) is 13.3. The molecule has 1 fully saturated rings. The van der Waals surface area contributed by atoms with E-state index in [9.17, 15) is 9.90 Å². The van der Waals surface area contributed by atoms with E-state index in [0.717, 1.165) is 43.2 Å². The number of hydrogen-bond donors (Lipinski definition) is 1. The van der Waals surface area contributed by atoms with E-state index in [1.807, 2.05) is 12.1 Å². The van der Waals surface area contributed by atoms with E-state index in [1.165, 1.54) is 19.3 Å². The Bertz CT molecular complexity index is 544. The van der Waals surface area contributed by atoms with Crippen molar-refractivity contribution in [2.24, 2.45) is 5.92 Å². The summed E-state index contributed by atoms with van der Waals surface area (Å²) in [4.78, 5) is 12.4. The highest BCUT2D eigenvalue weighted by atomic mass is 16.3. The Morgan fingerprint density at radius 3 is 2.56 bits per heavy atom. The van der Waals surface area contributed by atoms with E-state index < -0.39 is 0 Å². The number of aliphatic hydroxyl groups excluding tert-OH is 1. The van der Waals surface area contributed by atoms with Crippen LogP contribution in [0, 0.1) is 5.92 Å². The number of Topliss-reactive ketones (excluding diaryl/α,β-unsaturated/α-hetero) is 1. The molecule has 0 bridgehead atoms. The predicted octanol–water partition coefficient (Wildman–Crippen LogP) is 6.11. The SMILES string of the molecule is CCC/C=C\C[C@H]1CCC(=O)[C@@H]1c1ccc(C(O)CCCCC)cc1. The number of benzene rings is 1. The van der Waals surface area contributed by atoms with Gasteiger partial charge in [0.2, 0.25) is 0 Å². The molecule has 0 spiro atoms. The van der Waals surface area contributed by atoms with Crippen molar-refractivity contribution in [3.05, 3.63) is 47.5 Å². The number of carbonyl (C=O) groups is 1. The van der Waals surface area contributed by atoms with Crippen LogP contribution in [0.4, 0.5) is 0 Å². The molecule has 1 aliphatic carbocycles. The molecule has 1 aromatic rings. The normalized spacial score (nSPS) is 22.0. The Hall–Kier alpha value is -1.41. The van der Waals surface area contributed by atoms with Crippen LogP contribution in [0.1, 0.15) is 94.8 Å². The van der Waals surface area contributed by atoms with Gasteiger partial charge in [-0.2, -0.15) is 0 Å². The number of rotatable bonds is 10. The molecule has 1 N–H and O–H groups in total. The van der Waals surface area contributed by atoms with Crippen LogP contribution in [-0.2, 0) is 4.79 Å². The lowest BCUT2D eigenvalue weighted by Crippen LogP contribution is -2.12. The third-order valence-corrected chi connectivity index (χ3v) is 5.40. The molecule has 3 atom stereocenters. The molecule has 0 heterocycles. The lowest BCUT2D eigenvalue weighted by atomic mass is 9.85. The Labute approximate surface area is 153 Å². The Morgan fingerprint density at radius 1 is 1.12 bits per heavy atom. The number of unbranched alkanes of at least 4 members (excludes halogenated alkanes) is 3. The zero-order valence-electron chi connectivity index (χ0n) is 15.9. The van der Waals surface area contributed by atoms with E-state index in [4.69, 9.17) is 0 Å². The maximum atomic E-state index is 12.4. The first-order valence-corrected chi connectivity index (χ1v) is 10.1. The van der Waals surface area contributed by atoms with Crippen molar-refractivity contribution in [2.75, 3.05) is 0 Å². The Morgan fingerprint density at radius 2 is 1.88 bits per heavy atom. The van der Waals surface area contributed by atoms with Crippen LogP contribution in [0.3, 0.4) is 0 Å². The first kappa shape index (κ1) is 19.9. The molecule has 0 aromatic heterocycles. The van der Waals surface area contributed by atoms with Gasteiger partial charge in [-0.25, -0.2) is 0 Å². The standard InChI is InChI=1S/C23H34O2/c1-3-5-7-9-10-19-16-17-22(25)23(19)20-14-12-18(13-15-20)21(24)11-8-6-4-2/h7,9,12-15,19,21,23-24H,3-6,8,10-11,16-17H2,1-2H3/b9-7-/t19-,21?,23-/m0/s1. The van der Waals surface area contributed by atoms with E-state index in [2.05, 4.69) is 38.1 Å². The van der Waals surface area contributed by atoms with Gasteiger partial charge in [0.25, 0.3) is 0 Å². The quantitative estimate of drug-likeness (QED) is 0.411. The molecular formula is C23H34O2. The summed E-state index contributed by atoms with van der Waals surface area (Å²) in [7, 11) is 0. The van der Waals surface area contributed by atoms with Crippen LogP contribution >= 0.6 is 0 Å². The molecule has 2 rings (SSSR count). The van der Waals surface area contributed by atoms with Gasteiger partial charge in [-0.1, -0.05) is 75.9 Å². The first-order valence-electron chi connectivity index (χ1n) is 10.1. The Kier molecular flexibility index (Phi) is 8.40. The van der Waals surface area contributed by atoms with Crippen molar-refractivity contribution in [1.29, 1.82) is 0 Å². The molecule has 0 aliphatic heterocycles. The molecule has 2 nitrogen and oxygen atoms in total. The summed E-state index contributed by atoms with van der Waals surface area (Å²) in [6, 6.07) is 8.16. The second-order valence-electron chi connectivity index (χ2n) is 7.42. The summed E-state index contributed by atoms with van der Waals surface area (Å²) in [5, 5.41) is 10.3. The van der Waals surface area contributed by atoms with Gasteiger partial charge in [-0.15, -0.1) is 0 Å². The second-order valence-corrected chi connectivity index (χ2v) is 7.42. The number of ketones is 1. The van der Waals surface area contributed by atoms with Gasteiger partial charge in [0.05, 0.1) is 6.10 Å². The van der Waals surface area contributed by atoms with E-state index in [0.29, 0.717) is 18.1 Å². The fourth-order valence-corrected chi connectivity index (χ4v) is 3.86. The zero-order chi connectivity index (χ0) is 18.1. The smallest absolute Gasteiger partial charge is 0.140 e. The third-order valence-electron chi connectivity index (χ3n) is 5.40. The highest BCUT2D eigenvalue weighted by molar-refractivity contribution is 5.88. The second kappa shape index (κ2) is 10.6. The topological polar surface area (TPSA) is 37.3 Å². The van der Waals surface area contributed by atoms with E-state index in [1.54, 1.807) is 0 Å². The van der Waals surface area contributed by atoms with Gasteiger partial charge in [-0.05, 0) is 42.7 Å². The minimum absolute atomic E-state index is 0.0394. The van der Waals surface area contributed by atoms with Gasteiger partial charge >= 0.3 is 0 Å². The average molecular weight is 343 g/mol. The Balaban J connectivity index is 1.99. The van der Waals surface area contributed by atoms with Crippen molar-refractivity contribution in [2.45, 2.75) is 83.7 Å². The molecule has 0 amide bonds. The fourth-order valence-electron chi connectivity index (χ4n) is 3.86. The van der Waals surface area contributed by atoms with Crippen LogP contribution in [0.15, 0.2) is 36.4 Å². The summed E-state index contributed by atoms with van der Waals surface area (Å²) < 4.78 is 0. The molecule has 1 aliphatic rings. The lowest BCUT2D eigenvalue weighted by Gasteiger charge is -2.18. The van der Waals surface area contributed by atoms with Gasteiger partial charge in [-0.3, -0.25) is 4.79 Å². The summed E-state index contributed by atoms with van der Waals surface area (Å²) in [5.74, 6) is 0.851. The molecule has 1 aromatic carbocycles. The predicted molar refractivity (Wildman–Crippen MR) is 105 cm³/mol. The van der Waals surface area contributed by atoms with Crippen LogP contribution < -0.4 is 0 Å². The zero-order valence-corrected chi connectivity index (χ0v) is 15.9. The first-order chi connectivity index (χ1) is 12.2. The van der Waals surface area contributed by atoms with Crippen LogP contribution in [0.5, 0.6) is 0 Å². The summed E-state index contributed by atoms with van der Waals surface area (Å²) in [5.41, 5.74) is 2.10. The maximum Gasteiger partial charge on any atom is 0.140 e. The summed E-state index contributed by atoms with van der Waals surface area (Å²) in [6.45, 7) is 4.36. The van der Waals surface area contributed by atoms with Crippen molar-refractivity contribution >= 4 is 5.78 Å². The molecule has 138 valence electrons. The van der Waals surface area contributed by atoms with Crippen LogP contribution in [0.2, 0.25) is 0 Å². The molecule has 25 heavy (non-hydrogen) atoms. The van der Waals surface area contributed by atoms with Crippen molar-refractivity contribution < 1.29 is 9.90 Å². The lowest BCUT2D eigenvalue weighted by molar-refractivity contribution is -0.118. The molecule has 1 saturated carbocycles. The maximum absolute atomic E-state index is 12.4. The highest BCUT2D eigenvalue weighted by Crippen LogP contribution is 2.39. The van der Waals surface area contributed by atoms with Gasteiger partial charge < -0.3 is 5.11 Å². The highest BCUT2D eigenvalue weighted by Gasteiger charge is 2.34. The largest absolute Gasteiger partial charge is 0.388 e. The number of carbonyl (C=O) groups excluding carboxylic acids is 1. The van der Waals surface area contributed by atoms with Crippen molar-refractivity contribution in [3.8, 4) is 0 Å². The van der Waals surface area contributed by atoms with Crippen molar-refractivity contribution in [3.63, 3.8) is 0 Å². The molecular weight excluding hydrogens is 308 g/mol. The molecule has 1 unspecified atom stereocenters. The minimum atomic E-state index is -0.382. The van der Waals surface area contributed by atoms with E-state index in [-0.39, 0.29) is 12.0 Å². The van der Waals surface area contributed by atoms with Gasteiger partial charge in [0.1, 0.15) is 5.78 Å². The van der Waals surface area contributed by atoms with Crippen molar-refractivity contribution in [1.82, 2.24) is 0 Å². The molecule has 0 radical (unpaired) electrons. The van der Waals surface area contributed by atoms with Crippen LogP contribution in [0.25, 0.3) is 0 Å². The number of allylic oxidation sites excluding steroid dienone is 2. The fraction of sp³-hybridized carbons (Fsp3) is 0.609. The third kappa shape index (κ3) is 5.81. The molecule has 0 saturated heterocycles. The minimum Gasteiger partial charge on any atom is -0.388 e. The molecule has 2 heteroatoms. The van der Waals surface area contributed by atoms with Crippen LogP contribution in [-0.4, -0.2) is 10.9 Å². The van der Waals surface area contributed by atoms with Gasteiger partial charge in [0.15, 0.2) is 0 Å². The van der Waals surface area contributed by atoms with E-state index >= 15 is 0 Å². The number of hydrogen-bond acceptors (Lipinski definition) is 2.